The van der Waals surface area contributed by atoms with Crippen LogP contribution in [0, 0.1) is 0 Å². The number of nitrogens with two attached hydrogens (primary N) is 1. The van der Waals surface area contributed by atoms with E-state index in [1.807, 2.05) is 66.7 Å². The minimum atomic E-state index is 0.0768. The van der Waals surface area contributed by atoms with E-state index >= 15 is 0 Å². The number of benzene rings is 4. The minimum Gasteiger partial charge on any atom is -0.494 e. The van der Waals surface area contributed by atoms with Gasteiger partial charge < -0.3 is 21.1 Å². The summed E-state index contributed by atoms with van der Waals surface area (Å²) >= 11 is 0. The molecule has 0 saturated carbocycles. The SMILES string of the molecule is CCCC(NCc1ccccc1)c1ccc(N=C(c2ccccc2)c2c(O)[nH]c3ccc(N)cc23)cc1. The van der Waals surface area contributed by atoms with E-state index in [1.54, 1.807) is 0 Å². The number of aromatic nitrogens is 1. The average Bonchev–Trinajstić information content (AvgIpc) is 3.25. The van der Waals surface area contributed by atoms with Gasteiger partial charge in [0.2, 0.25) is 0 Å². The number of rotatable bonds is 9. The van der Waals surface area contributed by atoms with Crippen molar-refractivity contribution in [2.45, 2.75) is 32.4 Å². The van der Waals surface area contributed by atoms with Crippen LogP contribution >= 0.6 is 0 Å². The highest BCUT2D eigenvalue weighted by molar-refractivity contribution is 6.22. The lowest BCUT2D eigenvalue weighted by atomic mass is 10.00. The average molecular weight is 489 g/mol. The number of anilines is 1. The second kappa shape index (κ2) is 11.1. The van der Waals surface area contributed by atoms with Gasteiger partial charge in [-0.25, -0.2) is 4.99 Å². The zero-order valence-corrected chi connectivity index (χ0v) is 21.0. The molecular formula is C32H32N4O. The molecule has 5 N–H and O–H groups in total. The molecule has 5 heteroatoms. The van der Waals surface area contributed by atoms with Crippen LogP contribution in [0.5, 0.6) is 5.88 Å². The van der Waals surface area contributed by atoms with Crippen LogP contribution in [0.4, 0.5) is 11.4 Å². The van der Waals surface area contributed by atoms with E-state index in [1.165, 1.54) is 11.1 Å². The molecule has 5 aromatic rings. The topological polar surface area (TPSA) is 86.4 Å². The monoisotopic (exact) mass is 488 g/mol. The first kappa shape index (κ1) is 24.3. The number of nitrogens with one attached hydrogen (secondary N) is 2. The fourth-order valence-electron chi connectivity index (χ4n) is 4.72. The number of H-pyrrole nitrogens is 1. The highest BCUT2D eigenvalue weighted by atomic mass is 16.3. The van der Waals surface area contributed by atoms with Gasteiger partial charge in [-0.05, 0) is 47.9 Å². The number of aromatic amines is 1. The van der Waals surface area contributed by atoms with Gasteiger partial charge in [0, 0.05) is 34.7 Å². The van der Waals surface area contributed by atoms with Crippen LogP contribution < -0.4 is 11.1 Å². The van der Waals surface area contributed by atoms with Crippen molar-refractivity contribution in [2.24, 2.45) is 4.99 Å². The zero-order valence-electron chi connectivity index (χ0n) is 21.0. The van der Waals surface area contributed by atoms with Crippen LogP contribution in [0.25, 0.3) is 10.9 Å². The summed E-state index contributed by atoms with van der Waals surface area (Å²) in [6.45, 7) is 3.04. The number of hydrogen-bond donors (Lipinski definition) is 4. The number of fused-ring (bicyclic) bond motifs is 1. The number of nitrogens with zero attached hydrogens (tertiary/aromatic N) is 1. The van der Waals surface area contributed by atoms with Crippen molar-refractivity contribution >= 4 is 28.0 Å². The lowest BCUT2D eigenvalue weighted by Crippen LogP contribution is -2.20. The quantitative estimate of drug-likeness (QED) is 0.130. The van der Waals surface area contributed by atoms with Gasteiger partial charge in [-0.1, -0.05) is 86.1 Å². The Morgan fingerprint density at radius 1 is 0.919 bits per heavy atom. The molecule has 0 bridgehead atoms. The van der Waals surface area contributed by atoms with E-state index in [0.29, 0.717) is 17.0 Å². The molecule has 5 nitrogen and oxygen atoms in total. The highest BCUT2D eigenvalue weighted by Crippen LogP contribution is 2.33. The molecule has 0 radical (unpaired) electrons. The van der Waals surface area contributed by atoms with Crippen molar-refractivity contribution < 1.29 is 5.11 Å². The Balaban J connectivity index is 1.49. The van der Waals surface area contributed by atoms with Crippen LogP contribution in [0.3, 0.4) is 0 Å². The van der Waals surface area contributed by atoms with E-state index in [9.17, 15) is 5.11 Å². The summed E-state index contributed by atoms with van der Waals surface area (Å²) in [4.78, 5) is 8.09. The molecule has 1 heterocycles. The lowest BCUT2D eigenvalue weighted by Gasteiger charge is -2.19. The van der Waals surface area contributed by atoms with Crippen molar-refractivity contribution in [1.29, 1.82) is 0 Å². The third-order valence-electron chi connectivity index (χ3n) is 6.60. The Bertz CT molecular complexity index is 1490. The smallest absolute Gasteiger partial charge is 0.199 e. The summed E-state index contributed by atoms with van der Waals surface area (Å²) < 4.78 is 0. The second-order valence-corrected chi connectivity index (χ2v) is 9.28. The number of hydrogen-bond acceptors (Lipinski definition) is 4. The van der Waals surface area contributed by atoms with Crippen molar-refractivity contribution in [3.63, 3.8) is 0 Å². The third-order valence-corrected chi connectivity index (χ3v) is 6.60. The predicted molar refractivity (Wildman–Crippen MR) is 153 cm³/mol. The molecule has 0 fully saturated rings. The molecule has 0 amide bonds. The van der Waals surface area contributed by atoms with Crippen molar-refractivity contribution in [3.8, 4) is 5.88 Å². The lowest BCUT2D eigenvalue weighted by molar-refractivity contribution is 0.457. The molecule has 0 aliphatic heterocycles. The minimum absolute atomic E-state index is 0.0768. The first-order chi connectivity index (χ1) is 18.1. The molecule has 0 aliphatic carbocycles. The van der Waals surface area contributed by atoms with Crippen LogP contribution in [0.2, 0.25) is 0 Å². The molecule has 0 aliphatic rings. The maximum atomic E-state index is 10.9. The Morgan fingerprint density at radius 3 is 2.32 bits per heavy atom. The predicted octanol–water partition coefficient (Wildman–Crippen LogP) is 7.26. The van der Waals surface area contributed by atoms with E-state index in [0.717, 1.165) is 41.5 Å². The van der Waals surface area contributed by atoms with Crippen LogP contribution in [0.1, 0.15) is 48.1 Å². The fourth-order valence-corrected chi connectivity index (χ4v) is 4.72. The Hall–Kier alpha value is -4.35. The molecular weight excluding hydrogens is 456 g/mol. The maximum absolute atomic E-state index is 10.9. The molecule has 1 atom stereocenters. The molecule has 1 aromatic heterocycles. The summed E-state index contributed by atoms with van der Waals surface area (Å²) in [5.74, 6) is 0.0768. The largest absolute Gasteiger partial charge is 0.494 e. The first-order valence-corrected chi connectivity index (χ1v) is 12.7. The number of aromatic hydroxyl groups is 1. The Morgan fingerprint density at radius 2 is 1.62 bits per heavy atom. The zero-order chi connectivity index (χ0) is 25.6. The molecule has 0 spiro atoms. The van der Waals surface area contributed by atoms with Crippen molar-refractivity contribution in [3.05, 3.63) is 125 Å². The van der Waals surface area contributed by atoms with Gasteiger partial charge >= 0.3 is 0 Å². The van der Waals surface area contributed by atoms with Crippen LogP contribution in [-0.2, 0) is 6.54 Å². The summed E-state index contributed by atoms with van der Waals surface area (Å²) in [7, 11) is 0. The molecule has 0 saturated heterocycles. The standard InChI is InChI=1S/C32H32N4O/c1-2-9-28(34-21-22-10-5-3-6-11-22)23-14-17-26(18-15-23)35-31(24-12-7-4-8-13-24)30-27-20-25(33)16-19-29(27)36-32(30)37/h3-8,10-20,28,34,36-37H,2,9,21,33H2,1H3. The van der Waals surface area contributed by atoms with Crippen molar-refractivity contribution in [1.82, 2.24) is 10.3 Å². The second-order valence-electron chi connectivity index (χ2n) is 9.28. The van der Waals surface area contributed by atoms with E-state index < -0.39 is 0 Å². The van der Waals surface area contributed by atoms with Crippen molar-refractivity contribution in [2.75, 3.05) is 5.73 Å². The van der Waals surface area contributed by atoms with E-state index in [4.69, 9.17) is 10.7 Å². The van der Waals surface area contributed by atoms with Gasteiger partial charge in [0.05, 0.1) is 17.0 Å². The third kappa shape index (κ3) is 5.57. The normalized spacial score (nSPS) is 12.6. The maximum Gasteiger partial charge on any atom is 0.199 e. The van der Waals surface area contributed by atoms with E-state index in [2.05, 4.69) is 53.6 Å². The van der Waals surface area contributed by atoms with Gasteiger partial charge in [-0.3, -0.25) is 0 Å². The number of nitrogen functional groups attached to an aromatic ring is 1. The van der Waals surface area contributed by atoms with E-state index in [-0.39, 0.29) is 11.9 Å². The van der Waals surface area contributed by atoms with Crippen LogP contribution in [0.15, 0.2) is 108 Å². The molecule has 37 heavy (non-hydrogen) atoms. The van der Waals surface area contributed by atoms with Gasteiger partial charge in [-0.15, -0.1) is 0 Å². The van der Waals surface area contributed by atoms with Gasteiger partial charge in [-0.2, -0.15) is 0 Å². The fraction of sp³-hybridized carbons (Fsp3) is 0.156. The molecule has 186 valence electrons. The van der Waals surface area contributed by atoms with Gasteiger partial charge in [0.15, 0.2) is 5.88 Å². The molecule has 1 unspecified atom stereocenters. The Kier molecular flexibility index (Phi) is 7.33. The summed E-state index contributed by atoms with van der Waals surface area (Å²) in [6.07, 6.45) is 2.14. The van der Waals surface area contributed by atoms with Gasteiger partial charge in [0.25, 0.3) is 0 Å². The molecule has 4 aromatic carbocycles. The first-order valence-electron chi connectivity index (χ1n) is 12.7. The molecule has 5 rings (SSSR count). The summed E-state index contributed by atoms with van der Waals surface area (Å²) in [5, 5.41) is 15.4. The summed E-state index contributed by atoms with van der Waals surface area (Å²) in [5.41, 5.74) is 13.1. The highest BCUT2D eigenvalue weighted by Gasteiger charge is 2.19. The Labute approximate surface area is 217 Å². The number of aliphatic imine (C=N–C) groups is 1. The van der Waals surface area contributed by atoms with Gasteiger partial charge in [0.1, 0.15) is 0 Å². The van der Waals surface area contributed by atoms with Crippen LogP contribution in [-0.4, -0.2) is 15.8 Å². The summed E-state index contributed by atoms with van der Waals surface area (Å²) in [6, 6.07) is 34.6.